The number of amides is 2. The van der Waals surface area contributed by atoms with Crippen molar-refractivity contribution in [1.82, 2.24) is 10.2 Å². The molecule has 9 nitrogen and oxygen atoms in total. The van der Waals surface area contributed by atoms with Crippen LogP contribution < -0.4 is 10.1 Å². The molecular formula is C23H22N2O7S. The highest BCUT2D eigenvalue weighted by Crippen LogP contribution is 2.47. The lowest BCUT2D eigenvalue weighted by atomic mass is 10.1. The zero-order valence-corrected chi connectivity index (χ0v) is 18.7. The van der Waals surface area contributed by atoms with Crippen LogP contribution in [-0.4, -0.2) is 67.9 Å². The first-order chi connectivity index (χ1) is 16.0. The van der Waals surface area contributed by atoms with Gasteiger partial charge in [0, 0.05) is 12.0 Å². The molecule has 5 rings (SSSR count). The van der Waals surface area contributed by atoms with Gasteiger partial charge in [-0.2, -0.15) is 0 Å². The van der Waals surface area contributed by atoms with Crippen LogP contribution in [0.3, 0.4) is 0 Å². The SMILES string of the molecule is COC(=O)[C@@H]1CC2(CN1C(=O)CNC(=O)c1ccc3c(c1)Sc1ccccc1O3)OCCO2. The lowest BCUT2D eigenvalue weighted by Crippen LogP contribution is -2.46. The third-order valence-corrected chi connectivity index (χ3v) is 6.89. The number of para-hydroxylation sites is 1. The molecular weight excluding hydrogens is 448 g/mol. The van der Waals surface area contributed by atoms with E-state index in [0.29, 0.717) is 24.5 Å². The van der Waals surface area contributed by atoms with Crippen molar-refractivity contribution in [3.63, 3.8) is 0 Å². The van der Waals surface area contributed by atoms with Crippen LogP contribution in [0.1, 0.15) is 16.8 Å². The van der Waals surface area contributed by atoms with E-state index >= 15 is 0 Å². The number of fused-ring (bicyclic) bond motifs is 2. The summed E-state index contributed by atoms with van der Waals surface area (Å²) in [6.45, 7) is 0.633. The summed E-state index contributed by atoms with van der Waals surface area (Å²) >= 11 is 1.52. The Kier molecular flexibility index (Phi) is 5.73. The van der Waals surface area contributed by atoms with Gasteiger partial charge in [0.05, 0.1) is 43.2 Å². The van der Waals surface area contributed by atoms with Gasteiger partial charge in [-0.1, -0.05) is 23.9 Å². The van der Waals surface area contributed by atoms with Gasteiger partial charge in [-0.15, -0.1) is 0 Å². The Morgan fingerprint density at radius 1 is 1.12 bits per heavy atom. The van der Waals surface area contributed by atoms with Crippen LogP contribution in [0.2, 0.25) is 0 Å². The summed E-state index contributed by atoms with van der Waals surface area (Å²) in [6, 6.07) is 12.0. The highest BCUT2D eigenvalue weighted by molar-refractivity contribution is 7.99. The molecule has 2 amide bonds. The highest BCUT2D eigenvalue weighted by atomic mass is 32.2. The van der Waals surface area contributed by atoms with Crippen molar-refractivity contribution in [1.29, 1.82) is 0 Å². The Morgan fingerprint density at radius 2 is 1.88 bits per heavy atom. The van der Waals surface area contributed by atoms with Gasteiger partial charge in [0.25, 0.3) is 5.91 Å². The molecule has 1 N–H and O–H groups in total. The summed E-state index contributed by atoms with van der Waals surface area (Å²) in [5, 5.41) is 2.64. The Bertz CT molecular complexity index is 1120. The Morgan fingerprint density at radius 3 is 2.67 bits per heavy atom. The minimum atomic E-state index is -0.996. The first-order valence-corrected chi connectivity index (χ1v) is 11.3. The molecule has 0 aromatic heterocycles. The molecule has 3 aliphatic heterocycles. The topological polar surface area (TPSA) is 103 Å². The van der Waals surface area contributed by atoms with Crippen LogP contribution >= 0.6 is 11.8 Å². The molecule has 10 heteroatoms. The second-order valence-corrected chi connectivity index (χ2v) is 8.95. The van der Waals surface area contributed by atoms with Gasteiger partial charge in [0.2, 0.25) is 5.91 Å². The lowest BCUT2D eigenvalue weighted by Gasteiger charge is -2.23. The van der Waals surface area contributed by atoms with Gasteiger partial charge in [-0.25, -0.2) is 4.79 Å². The van der Waals surface area contributed by atoms with Gasteiger partial charge in [0.15, 0.2) is 5.79 Å². The molecule has 2 aromatic rings. The van der Waals surface area contributed by atoms with Crippen LogP contribution in [0, 0.1) is 0 Å². The van der Waals surface area contributed by atoms with Crippen molar-refractivity contribution in [3.8, 4) is 11.5 Å². The largest absolute Gasteiger partial charge is 0.467 e. The second kappa shape index (κ2) is 8.69. The maximum absolute atomic E-state index is 12.9. The van der Waals surface area contributed by atoms with E-state index in [4.69, 9.17) is 18.9 Å². The van der Waals surface area contributed by atoms with Crippen LogP contribution in [0.4, 0.5) is 0 Å². The summed E-state index contributed by atoms with van der Waals surface area (Å²) in [5.41, 5.74) is 0.405. The number of benzene rings is 2. The molecule has 3 aliphatic rings. The monoisotopic (exact) mass is 470 g/mol. The van der Waals surface area contributed by atoms with Crippen molar-refractivity contribution in [3.05, 3.63) is 48.0 Å². The normalized spacial score (nSPS) is 20.0. The molecule has 1 atom stereocenters. The van der Waals surface area contributed by atoms with Crippen LogP contribution in [0.25, 0.3) is 0 Å². The number of ether oxygens (including phenoxy) is 4. The number of carbonyl (C=O) groups is 3. The minimum absolute atomic E-state index is 0.105. The standard InChI is InChI=1S/C23H22N2O7S/c1-29-22(28)15-11-23(30-8-9-31-23)13-25(15)20(26)12-24-21(27)14-6-7-17-19(10-14)33-18-5-3-2-4-16(18)32-17/h2-7,10,15H,8-9,11-13H2,1H3,(H,24,27)/t15-/m0/s1. The summed E-state index contributed by atoms with van der Waals surface area (Å²) in [6.07, 6.45) is 0.197. The smallest absolute Gasteiger partial charge is 0.328 e. The first kappa shape index (κ1) is 21.7. The van der Waals surface area contributed by atoms with Crippen molar-refractivity contribution in [2.24, 2.45) is 0 Å². The fraction of sp³-hybridized carbons (Fsp3) is 0.348. The molecule has 0 bridgehead atoms. The van der Waals surface area contributed by atoms with Crippen molar-refractivity contribution in [2.45, 2.75) is 28.0 Å². The number of nitrogens with zero attached hydrogens (tertiary/aromatic N) is 1. The summed E-state index contributed by atoms with van der Waals surface area (Å²) in [4.78, 5) is 41.0. The van der Waals surface area contributed by atoms with E-state index in [1.165, 1.54) is 23.8 Å². The number of methoxy groups -OCH3 is 1. The quantitative estimate of drug-likeness (QED) is 0.579. The molecule has 2 aromatic carbocycles. The molecule has 0 aliphatic carbocycles. The van der Waals surface area contributed by atoms with Gasteiger partial charge < -0.3 is 29.2 Å². The molecule has 33 heavy (non-hydrogen) atoms. The maximum Gasteiger partial charge on any atom is 0.328 e. The van der Waals surface area contributed by atoms with E-state index in [9.17, 15) is 14.4 Å². The van der Waals surface area contributed by atoms with E-state index in [1.807, 2.05) is 24.3 Å². The predicted octanol–water partition coefficient (Wildman–Crippen LogP) is 2.19. The zero-order chi connectivity index (χ0) is 23.0. The number of hydrogen-bond donors (Lipinski definition) is 1. The number of likely N-dealkylation sites (tertiary alicyclic amines) is 1. The predicted molar refractivity (Wildman–Crippen MR) is 116 cm³/mol. The van der Waals surface area contributed by atoms with Crippen LogP contribution in [0.15, 0.2) is 52.3 Å². The molecule has 2 fully saturated rings. The molecule has 1 spiro atoms. The van der Waals surface area contributed by atoms with E-state index in [1.54, 1.807) is 18.2 Å². The number of nitrogens with one attached hydrogen (secondary N) is 1. The van der Waals surface area contributed by atoms with E-state index < -0.39 is 29.6 Å². The zero-order valence-electron chi connectivity index (χ0n) is 17.9. The van der Waals surface area contributed by atoms with Gasteiger partial charge in [0.1, 0.15) is 17.5 Å². The molecule has 3 heterocycles. The van der Waals surface area contributed by atoms with E-state index in [-0.39, 0.29) is 19.5 Å². The lowest BCUT2D eigenvalue weighted by molar-refractivity contribution is -0.152. The Hall–Kier alpha value is -3.08. The molecule has 172 valence electrons. The Labute approximate surface area is 194 Å². The number of carbonyl (C=O) groups excluding carboxylic acids is 3. The molecule has 0 radical (unpaired) electrons. The number of esters is 1. The number of rotatable bonds is 4. The van der Waals surface area contributed by atoms with E-state index in [0.717, 1.165) is 15.5 Å². The minimum Gasteiger partial charge on any atom is -0.467 e. The van der Waals surface area contributed by atoms with Crippen molar-refractivity contribution in [2.75, 3.05) is 33.4 Å². The molecule has 0 saturated carbocycles. The van der Waals surface area contributed by atoms with Crippen LogP contribution in [-0.2, 0) is 23.8 Å². The molecule has 0 unspecified atom stereocenters. The van der Waals surface area contributed by atoms with Crippen molar-refractivity contribution >= 4 is 29.5 Å². The van der Waals surface area contributed by atoms with Gasteiger partial charge in [-0.05, 0) is 30.3 Å². The second-order valence-electron chi connectivity index (χ2n) is 7.87. The van der Waals surface area contributed by atoms with E-state index in [2.05, 4.69) is 5.32 Å². The average Bonchev–Trinajstić information content (AvgIpc) is 3.47. The Balaban J connectivity index is 1.24. The summed E-state index contributed by atoms with van der Waals surface area (Å²) < 4.78 is 22.0. The fourth-order valence-electron chi connectivity index (χ4n) is 4.18. The number of hydrogen-bond acceptors (Lipinski definition) is 8. The average molecular weight is 471 g/mol. The first-order valence-electron chi connectivity index (χ1n) is 10.5. The third kappa shape index (κ3) is 4.17. The van der Waals surface area contributed by atoms with Crippen molar-refractivity contribution < 1.29 is 33.3 Å². The maximum atomic E-state index is 12.9. The van der Waals surface area contributed by atoms with Gasteiger partial charge in [-0.3, -0.25) is 9.59 Å². The molecule has 2 saturated heterocycles. The highest BCUT2D eigenvalue weighted by Gasteiger charge is 2.52. The summed E-state index contributed by atoms with van der Waals surface area (Å²) in [7, 11) is 1.27. The summed E-state index contributed by atoms with van der Waals surface area (Å²) in [5.74, 6) is -0.910. The van der Waals surface area contributed by atoms with Gasteiger partial charge >= 0.3 is 5.97 Å². The third-order valence-electron chi connectivity index (χ3n) is 5.79. The van der Waals surface area contributed by atoms with Crippen LogP contribution in [0.5, 0.6) is 11.5 Å². The fourth-order valence-corrected chi connectivity index (χ4v) is 5.17.